The van der Waals surface area contributed by atoms with Gasteiger partial charge in [-0.3, -0.25) is 4.79 Å². The van der Waals surface area contributed by atoms with E-state index in [1.165, 1.54) is 11.3 Å². The van der Waals surface area contributed by atoms with Gasteiger partial charge in [-0.2, -0.15) is 0 Å². The number of aromatic nitrogens is 1. The smallest absolute Gasteiger partial charge is 0.230 e. The molecule has 1 aromatic rings. The van der Waals surface area contributed by atoms with Gasteiger partial charge >= 0.3 is 0 Å². The third kappa shape index (κ3) is 3.26. The summed E-state index contributed by atoms with van der Waals surface area (Å²) in [6.45, 7) is 6.34. The maximum absolute atomic E-state index is 12.1. The molecule has 1 N–H and O–H groups in total. The van der Waals surface area contributed by atoms with Crippen molar-refractivity contribution in [2.24, 2.45) is 5.92 Å². The molecule has 1 amide bonds. The molecule has 1 aromatic heterocycles. The van der Waals surface area contributed by atoms with E-state index in [-0.39, 0.29) is 11.8 Å². The Morgan fingerprint density at radius 2 is 2.47 bits per heavy atom. The SMILES string of the molecule is CC(C)N1CCC[C@@H](C(=O)Nc2nccs2)C1. The van der Waals surface area contributed by atoms with Crippen molar-refractivity contribution in [1.82, 2.24) is 9.88 Å². The molecular formula is C12H19N3OS. The first-order chi connectivity index (χ1) is 8.16. The van der Waals surface area contributed by atoms with Crippen molar-refractivity contribution < 1.29 is 4.79 Å². The molecular weight excluding hydrogens is 234 g/mol. The Kier molecular flexibility index (Phi) is 4.12. The first kappa shape index (κ1) is 12.5. The molecule has 0 radical (unpaired) electrons. The van der Waals surface area contributed by atoms with Crippen molar-refractivity contribution in [3.8, 4) is 0 Å². The fraction of sp³-hybridized carbons (Fsp3) is 0.667. The Labute approximate surface area is 106 Å². The van der Waals surface area contributed by atoms with Crippen molar-refractivity contribution in [1.29, 1.82) is 0 Å². The molecule has 0 spiro atoms. The monoisotopic (exact) mass is 253 g/mol. The lowest BCUT2D eigenvalue weighted by Gasteiger charge is -2.34. The lowest BCUT2D eigenvalue weighted by Crippen LogP contribution is -2.43. The molecule has 2 rings (SSSR count). The van der Waals surface area contributed by atoms with Crippen molar-refractivity contribution >= 4 is 22.4 Å². The van der Waals surface area contributed by atoms with Crippen LogP contribution in [0.5, 0.6) is 0 Å². The fourth-order valence-electron chi connectivity index (χ4n) is 2.18. The van der Waals surface area contributed by atoms with Crippen LogP contribution in [0.4, 0.5) is 5.13 Å². The van der Waals surface area contributed by atoms with E-state index in [4.69, 9.17) is 0 Å². The number of rotatable bonds is 3. The summed E-state index contributed by atoms with van der Waals surface area (Å²) in [6, 6.07) is 0.519. The van der Waals surface area contributed by atoms with Crippen LogP contribution in [0, 0.1) is 5.92 Å². The van der Waals surface area contributed by atoms with E-state index in [1.807, 2.05) is 5.38 Å². The van der Waals surface area contributed by atoms with E-state index in [0.29, 0.717) is 11.2 Å². The van der Waals surface area contributed by atoms with Gasteiger partial charge in [-0.1, -0.05) is 0 Å². The standard InChI is InChI=1S/C12H19N3OS/c1-9(2)15-6-3-4-10(8-15)11(16)14-12-13-5-7-17-12/h5,7,9-10H,3-4,6,8H2,1-2H3,(H,13,14,16)/t10-/m1/s1. The number of likely N-dealkylation sites (tertiary alicyclic amines) is 1. The van der Waals surface area contributed by atoms with Crippen LogP contribution in [0.2, 0.25) is 0 Å². The predicted molar refractivity (Wildman–Crippen MR) is 70.2 cm³/mol. The minimum absolute atomic E-state index is 0.107. The highest BCUT2D eigenvalue weighted by molar-refractivity contribution is 7.13. The zero-order chi connectivity index (χ0) is 12.3. The molecule has 2 heterocycles. The first-order valence-corrected chi connectivity index (χ1v) is 6.99. The van der Waals surface area contributed by atoms with Crippen molar-refractivity contribution in [3.05, 3.63) is 11.6 Å². The highest BCUT2D eigenvalue weighted by atomic mass is 32.1. The van der Waals surface area contributed by atoms with E-state index in [1.54, 1.807) is 6.20 Å². The van der Waals surface area contributed by atoms with Crippen LogP contribution in [0.15, 0.2) is 11.6 Å². The number of anilines is 1. The minimum Gasteiger partial charge on any atom is -0.302 e. The van der Waals surface area contributed by atoms with Crippen molar-refractivity contribution in [2.45, 2.75) is 32.7 Å². The van der Waals surface area contributed by atoms with Crippen LogP contribution in [-0.4, -0.2) is 34.9 Å². The molecule has 4 nitrogen and oxygen atoms in total. The normalized spacial score (nSPS) is 21.7. The summed E-state index contributed by atoms with van der Waals surface area (Å²) in [5.74, 6) is 0.223. The zero-order valence-corrected chi connectivity index (χ0v) is 11.2. The maximum Gasteiger partial charge on any atom is 0.230 e. The van der Waals surface area contributed by atoms with Crippen LogP contribution in [-0.2, 0) is 4.79 Å². The van der Waals surface area contributed by atoms with Crippen LogP contribution in [0.1, 0.15) is 26.7 Å². The van der Waals surface area contributed by atoms with Crippen LogP contribution in [0.25, 0.3) is 0 Å². The molecule has 1 saturated heterocycles. The van der Waals surface area contributed by atoms with Crippen molar-refractivity contribution in [3.63, 3.8) is 0 Å². The average Bonchev–Trinajstić information content (AvgIpc) is 2.82. The largest absolute Gasteiger partial charge is 0.302 e. The third-order valence-electron chi connectivity index (χ3n) is 3.22. The molecule has 1 aliphatic rings. The quantitative estimate of drug-likeness (QED) is 0.898. The van der Waals surface area contributed by atoms with Gasteiger partial charge in [0.1, 0.15) is 0 Å². The number of nitrogens with zero attached hydrogens (tertiary/aromatic N) is 2. The van der Waals surface area contributed by atoms with Gasteiger partial charge in [-0.05, 0) is 33.2 Å². The van der Waals surface area contributed by atoms with Gasteiger partial charge in [0, 0.05) is 24.2 Å². The Balaban J connectivity index is 1.91. The summed E-state index contributed by atoms with van der Waals surface area (Å²) in [4.78, 5) is 18.5. The summed E-state index contributed by atoms with van der Waals surface area (Å²) in [5, 5.41) is 5.47. The maximum atomic E-state index is 12.1. The molecule has 1 aliphatic heterocycles. The Hall–Kier alpha value is -0.940. The summed E-state index contributed by atoms with van der Waals surface area (Å²) in [6.07, 6.45) is 3.80. The summed E-state index contributed by atoms with van der Waals surface area (Å²) in [5.41, 5.74) is 0. The molecule has 0 unspecified atom stereocenters. The summed E-state index contributed by atoms with van der Waals surface area (Å²) < 4.78 is 0. The average molecular weight is 253 g/mol. The van der Waals surface area contributed by atoms with Crippen LogP contribution in [0.3, 0.4) is 0 Å². The number of carbonyl (C=O) groups is 1. The second-order valence-corrected chi connectivity index (χ2v) is 5.65. The molecule has 0 bridgehead atoms. The van der Waals surface area contributed by atoms with Gasteiger partial charge < -0.3 is 10.2 Å². The number of hydrogen-bond acceptors (Lipinski definition) is 4. The molecule has 0 aliphatic carbocycles. The Morgan fingerprint density at radius 3 is 3.12 bits per heavy atom. The zero-order valence-electron chi connectivity index (χ0n) is 10.3. The fourth-order valence-corrected chi connectivity index (χ4v) is 2.71. The first-order valence-electron chi connectivity index (χ1n) is 6.11. The van der Waals surface area contributed by atoms with Gasteiger partial charge in [-0.15, -0.1) is 11.3 Å². The van der Waals surface area contributed by atoms with E-state index in [2.05, 4.69) is 29.0 Å². The highest BCUT2D eigenvalue weighted by Crippen LogP contribution is 2.20. The second kappa shape index (κ2) is 5.60. The van der Waals surface area contributed by atoms with E-state index >= 15 is 0 Å². The third-order valence-corrected chi connectivity index (χ3v) is 3.90. The van der Waals surface area contributed by atoms with Gasteiger partial charge in [0.2, 0.25) is 5.91 Å². The summed E-state index contributed by atoms with van der Waals surface area (Å²) in [7, 11) is 0. The van der Waals surface area contributed by atoms with Gasteiger partial charge in [-0.25, -0.2) is 4.98 Å². The number of hydrogen-bond donors (Lipinski definition) is 1. The molecule has 1 fully saturated rings. The molecule has 0 saturated carbocycles. The molecule has 1 atom stereocenters. The second-order valence-electron chi connectivity index (χ2n) is 4.75. The number of piperidine rings is 1. The predicted octanol–water partition coefficient (Wildman–Crippen LogP) is 2.20. The Bertz CT molecular complexity index is 364. The lowest BCUT2D eigenvalue weighted by atomic mass is 9.96. The molecule has 17 heavy (non-hydrogen) atoms. The van der Waals surface area contributed by atoms with E-state index in [0.717, 1.165) is 25.9 Å². The van der Waals surface area contributed by atoms with E-state index < -0.39 is 0 Å². The van der Waals surface area contributed by atoms with E-state index in [9.17, 15) is 4.79 Å². The Morgan fingerprint density at radius 1 is 1.65 bits per heavy atom. The number of carbonyl (C=O) groups excluding carboxylic acids is 1. The number of thiazole rings is 1. The molecule has 0 aromatic carbocycles. The van der Waals surface area contributed by atoms with Crippen molar-refractivity contribution in [2.75, 3.05) is 18.4 Å². The van der Waals surface area contributed by atoms with Gasteiger partial charge in [0.25, 0.3) is 0 Å². The van der Waals surface area contributed by atoms with Gasteiger partial charge in [0.05, 0.1) is 5.92 Å². The van der Waals surface area contributed by atoms with Gasteiger partial charge in [0.15, 0.2) is 5.13 Å². The molecule has 94 valence electrons. The lowest BCUT2D eigenvalue weighted by molar-refractivity contribution is -0.121. The number of nitrogens with one attached hydrogen (secondary N) is 1. The van der Waals surface area contributed by atoms with Crippen LogP contribution < -0.4 is 5.32 Å². The topological polar surface area (TPSA) is 45.2 Å². The molecule has 5 heteroatoms. The van der Waals surface area contributed by atoms with Crippen LogP contribution >= 0.6 is 11.3 Å². The number of amides is 1. The highest BCUT2D eigenvalue weighted by Gasteiger charge is 2.27. The summed E-state index contributed by atoms with van der Waals surface area (Å²) >= 11 is 1.47. The minimum atomic E-state index is 0.107.